The van der Waals surface area contributed by atoms with Gasteiger partial charge in [0.25, 0.3) is 15.9 Å². The van der Waals surface area contributed by atoms with Crippen LogP contribution in [0.5, 0.6) is 5.75 Å². The highest BCUT2D eigenvalue weighted by atomic mass is 32.2. The van der Waals surface area contributed by atoms with Crippen molar-refractivity contribution in [2.24, 2.45) is 0 Å². The summed E-state index contributed by atoms with van der Waals surface area (Å²) in [5.74, 6) is -4.71. The van der Waals surface area contributed by atoms with E-state index in [-0.39, 0.29) is 17.4 Å². The molecule has 0 aliphatic heterocycles. The lowest BCUT2D eigenvalue weighted by Crippen LogP contribution is -2.19. The summed E-state index contributed by atoms with van der Waals surface area (Å²) in [6, 6.07) is 8.09. The fourth-order valence-corrected chi connectivity index (χ4v) is 3.87. The molecule has 3 rings (SSSR count). The van der Waals surface area contributed by atoms with Gasteiger partial charge in [0.1, 0.15) is 22.9 Å². The summed E-state index contributed by atoms with van der Waals surface area (Å²) < 4.78 is 85.3. The average Bonchev–Trinajstić information content (AvgIpc) is 2.76. The molecule has 184 valence electrons. The predicted molar refractivity (Wildman–Crippen MR) is 117 cm³/mol. The first kappa shape index (κ1) is 25.4. The van der Waals surface area contributed by atoms with E-state index in [9.17, 15) is 35.6 Å². The molecule has 3 aromatic rings. The van der Waals surface area contributed by atoms with Crippen molar-refractivity contribution < 1.29 is 40.3 Å². The van der Waals surface area contributed by atoms with E-state index in [1.54, 1.807) is 0 Å². The molecule has 35 heavy (non-hydrogen) atoms. The first-order valence-electron chi connectivity index (χ1n) is 9.57. The third-order valence-electron chi connectivity index (χ3n) is 4.23. The van der Waals surface area contributed by atoms with E-state index < -0.39 is 56.1 Å². The average molecular weight is 512 g/mol. The minimum absolute atomic E-state index is 0.0322. The fraction of sp³-hybridized carbons (Fsp3) is 0.0952. The van der Waals surface area contributed by atoms with E-state index in [2.05, 4.69) is 20.4 Å². The van der Waals surface area contributed by atoms with Gasteiger partial charge in [-0.1, -0.05) is 6.07 Å². The molecule has 2 aromatic carbocycles. The summed E-state index contributed by atoms with van der Waals surface area (Å²) in [5.41, 5.74) is -1.83. The van der Waals surface area contributed by atoms with Crippen LogP contribution in [0.25, 0.3) is 0 Å². The van der Waals surface area contributed by atoms with Gasteiger partial charge < -0.3 is 15.4 Å². The number of benzene rings is 2. The van der Waals surface area contributed by atoms with Gasteiger partial charge >= 0.3 is 6.61 Å². The molecule has 9 nitrogen and oxygen atoms in total. The van der Waals surface area contributed by atoms with Crippen LogP contribution in [0.15, 0.2) is 59.6 Å². The van der Waals surface area contributed by atoms with Crippen LogP contribution in [0.3, 0.4) is 0 Å². The van der Waals surface area contributed by atoms with E-state index in [0.29, 0.717) is 6.07 Å². The van der Waals surface area contributed by atoms with Crippen molar-refractivity contribution in [3.05, 3.63) is 71.9 Å². The minimum atomic E-state index is -4.54. The molecule has 2 amide bonds. The van der Waals surface area contributed by atoms with Crippen molar-refractivity contribution in [1.29, 1.82) is 0 Å². The zero-order chi connectivity index (χ0) is 25.8. The van der Waals surface area contributed by atoms with E-state index in [1.807, 2.05) is 4.72 Å². The van der Waals surface area contributed by atoms with Crippen LogP contribution in [0.2, 0.25) is 0 Å². The molecule has 0 atom stereocenters. The number of hydrogen-bond acceptors (Lipinski definition) is 6. The Labute approximate surface area is 196 Å². The molecule has 0 aliphatic rings. The summed E-state index contributed by atoms with van der Waals surface area (Å²) in [7, 11) is -4.54. The van der Waals surface area contributed by atoms with Gasteiger partial charge in [-0.3, -0.25) is 14.3 Å². The number of rotatable bonds is 8. The Bertz CT molecular complexity index is 1370. The highest BCUT2D eigenvalue weighted by Crippen LogP contribution is 2.26. The van der Waals surface area contributed by atoms with E-state index >= 15 is 0 Å². The van der Waals surface area contributed by atoms with Crippen molar-refractivity contribution in [2.45, 2.75) is 18.4 Å². The maximum atomic E-state index is 15.0. The highest BCUT2D eigenvalue weighted by molar-refractivity contribution is 7.92. The number of carbonyl (C=O) groups excluding carboxylic acids is 2. The number of sulfonamides is 1. The van der Waals surface area contributed by atoms with Crippen molar-refractivity contribution in [2.75, 3.05) is 15.4 Å². The summed E-state index contributed by atoms with van der Waals surface area (Å²) >= 11 is 0. The monoisotopic (exact) mass is 512 g/mol. The second-order valence-electron chi connectivity index (χ2n) is 6.81. The molecule has 1 aromatic heterocycles. The lowest BCUT2D eigenvalue weighted by atomic mass is 10.1. The number of carbonyl (C=O) groups is 2. The van der Waals surface area contributed by atoms with Crippen molar-refractivity contribution >= 4 is 39.0 Å². The van der Waals surface area contributed by atoms with Crippen LogP contribution in [-0.4, -0.2) is 31.8 Å². The highest BCUT2D eigenvalue weighted by Gasteiger charge is 2.24. The smallest absolute Gasteiger partial charge is 0.387 e. The molecule has 0 bridgehead atoms. The van der Waals surface area contributed by atoms with Crippen LogP contribution in [0.1, 0.15) is 17.3 Å². The molecule has 1 heterocycles. The van der Waals surface area contributed by atoms with Gasteiger partial charge in [0.2, 0.25) is 5.91 Å². The van der Waals surface area contributed by atoms with Crippen LogP contribution in [0, 0.1) is 11.6 Å². The minimum Gasteiger partial charge on any atom is -0.435 e. The van der Waals surface area contributed by atoms with Crippen molar-refractivity contribution in [3.63, 3.8) is 0 Å². The second kappa shape index (κ2) is 10.4. The first-order valence-corrected chi connectivity index (χ1v) is 11.1. The van der Waals surface area contributed by atoms with E-state index in [4.69, 9.17) is 0 Å². The topological polar surface area (TPSA) is 126 Å². The van der Waals surface area contributed by atoms with Gasteiger partial charge in [-0.05, 0) is 36.4 Å². The number of hydrogen-bond donors (Lipinski definition) is 3. The molecule has 0 aliphatic carbocycles. The number of ether oxygens (including phenoxy) is 1. The molecule has 0 saturated heterocycles. The number of nitrogens with zero attached hydrogens (tertiary/aromatic N) is 1. The molecule has 0 saturated carbocycles. The Morgan fingerprint density at radius 3 is 2.40 bits per heavy atom. The third-order valence-corrected chi connectivity index (χ3v) is 5.59. The molecule has 0 radical (unpaired) electrons. The van der Waals surface area contributed by atoms with Gasteiger partial charge in [0, 0.05) is 13.0 Å². The Morgan fingerprint density at radius 2 is 1.77 bits per heavy atom. The Kier molecular flexibility index (Phi) is 7.54. The summed E-state index contributed by atoms with van der Waals surface area (Å²) in [4.78, 5) is 26.8. The Morgan fingerprint density at radius 1 is 1.03 bits per heavy atom. The number of halogens is 4. The predicted octanol–water partition coefficient (Wildman–Crippen LogP) is 3.97. The fourth-order valence-electron chi connectivity index (χ4n) is 2.78. The van der Waals surface area contributed by atoms with Gasteiger partial charge in [-0.2, -0.15) is 8.78 Å². The number of nitrogens with one attached hydrogen (secondary N) is 3. The molecule has 14 heteroatoms. The second-order valence-corrected chi connectivity index (χ2v) is 8.49. The summed E-state index contributed by atoms with van der Waals surface area (Å²) in [6.07, 6.45) is 1.13. The first-order chi connectivity index (χ1) is 16.5. The molecule has 0 unspecified atom stereocenters. The van der Waals surface area contributed by atoms with E-state index in [1.165, 1.54) is 19.1 Å². The zero-order valence-corrected chi connectivity index (χ0v) is 18.5. The number of aromatic nitrogens is 1. The number of pyridine rings is 1. The van der Waals surface area contributed by atoms with Crippen molar-refractivity contribution in [1.82, 2.24) is 4.98 Å². The van der Waals surface area contributed by atoms with Crippen molar-refractivity contribution in [3.8, 4) is 5.75 Å². The van der Waals surface area contributed by atoms with Crippen LogP contribution in [-0.2, 0) is 14.8 Å². The largest absolute Gasteiger partial charge is 0.435 e. The molecule has 0 spiro atoms. The maximum absolute atomic E-state index is 15.0. The molecule has 3 N–H and O–H groups in total. The normalized spacial score (nSPS) is 11.1. The van der Waals surface area contributed by atoms with Gasteiger partial charge in [0.15, 0.2) is 5.82 Å². The Balaban J connectivity index is 1.84. The molecule has 0 fully saturated rings. The number of alkyl halides is 2. The summed E-state index contributed by atoms with van der Waals surface area (Å²) in [6.45, 7) is -1.94. The molecular weight excluding hydrogens is 496 g/mol. The quantitative estimate of drug-likeness (QED) is 0.392. The zero-order valence-electron chi connectivity index (χ0n) is 17.7. The maximum Gasteiger partial charge on any atom is 0.387 e. The SMILES string of the molecule is CC(=O)Nc1ccc(NC(=O)c2c(F)ccc(NS(=O)(=O)c3cccc(OC(F)F)c3)c2F)cn1. The third kappa shape index (κ3) is 6.44. The summed E-state index contributed by atoms with van der Waals surface area (Å²) in [5, 5.41) is 4.61. The van der Waals surface area contributed by atoms with Gasteiger partial charge in [0.05, 0.1) is 22.5 Å². The molecular formula is C21H16F4N4O5S. The number of amides is 2. The van der Waals surface area contributed by atoms with Crippen LogP contribution >= 0.6 is 0 Å². The lowest BCUT2D eigenvalue weighted by Gasteiger charge is -2.13. The standard InChI is InChI=1S/C21H16F4N4O5S/c1-11(30)27-17-8-5-12(10-26-17)28-20(31)18-15(22)6-7-16(19(18)23)29-35(32,33)14-4-2-3-13(9-14)34-21(24)25/h2-10,21,29H,1H3,(H,28,31)(H,26,27,30). The van der Waals surface area contributed by atoms with Crippen LogP contribution in [0.4, 0.5) is 34.8 Å². The van der Waals surface area contributed by atoms with Crippen LogP contribution < -0.4 is 20.1 Å². The van der Waals surface area contributed by atoms with Gasteiger partial charge in [-0.15, -0.1) is 0 Å². The Hall–Kier alpha value is -4.20. The van der Waals surface area contributed by atoms with E-state index in [0.717, 1.165) is 36.5 Å². The lowest BCUT2D eigenvalue weighted by molar-refractivity contribution is -0.114. The number of anilines is 3. The van der Waals surface area contributed by atoms with Gasteiger partial charge in [-0.25, -0.2) is 22.2 Å².